The van der Waals surface area contributed by atoms with Crippen LogP contribution in [-0.2, 0) is 21.9 Å². The molecule has 0 aliphatic carbocycles. The van der Waals surface area contributed by atoms with E-state index in [-0.39, 0.29) is 11.8 Å². The molecule has 2 aromatic carbocycles. The molecule has 4 nitrogen and oxygen atoms in total. The molecule has 0 fully saturated rings. The Kier molecular flexibility index (Phi) is 10.4. The van der Waals surface area contributed by atoms with Crippen LogP contribution in [0.2, 0.25) is 0 Å². The van der Waals surface area contributed by atoms with Gasteiger partial charge in [0, 0.05) is 23.3 Å². The van der Waals surface area contributed by atoms with Gasteiger partial charge in [0.2, 0.25) is 11.8 Å². The molecular weight excluding hydrogens is 460 g/mol. The van der Waals surface area contributed by atoms with Crippen LogP contribution in [-0.4, -0.2) is 35.1 Å². The summed E-state index contributed by atoms with van der Waals surface area (Å²) in [6, 6.07) is 15.7. The van der Waals surface area contributed by atoms with Crippen LogP contribution in [0.3, 0.4) is 0 Å². The van der Waals surface area contributed by atoms with Crippen molar-refractivity contribution < 1.29 is 9.59 Å². The van der Waals surface area contributed by atoms with Gasteiger partial charge < -0.3 is 10.2 Å². The number of hydrogen-bond acceptors (Lipinski definition) is 3. The van der Waals surface area contributed by atoms with Crippen molar-refractivity contribution in [1.82, 2.24) is 10.2 Å². The van der Waals surface area contributed by atoms with Crippen LogP contribution < -0.4 is 5.32 Å². The first-order valence-electron chi connectivity index (χ1n) is 10.4. The van der Waals surface area contributed by atoms with Crippen molar-refractivity contribution in [2.45, 2.75) is 52.0 Å². The minimum absolute atomic E-state index is 0.0197. The Morgan fingerprint density at radius 2 is 1.87 bits per heavy atom. The lowest BCUT2D eigenvalue weighted by Crippen LogP contribution is -2.48. The number of thioether (sulfide) groups is 1. The smallest absolute Gasteiger partial charge is 0.242 e. The minimum Gasteiger partial charge on any atom is -0.354 e. The minimum atomic E-state index is -0.516. The third kappa shape index (κ3) is 8.15. The second-order valence-electron chi connectivity index (χ2n) is 7.45. The van der Waals surface area contributed by atoms with Gasteiger partial charge in [0.25, 0.3) is 0 Å². The molecule has 0 aromatic heterocycles. The van der Waals surface area contributed by atoms with Crippen molar-refractivity contribution in [2.24, 2.45) is 0 Å². The normalized spacial score (nSPS) is 11.7. The third-order valence-electron chi connectivity index (χ3n) is 4.84. The number of unbranched alkanes of at least 4 members (excludes halogenated alkanes) is 1. The van der Waals surface area contributed by atoms with Crippen LogP contribution in [0.1, 0.15) is 43.4 Å². The maximum Gasteiger partial charge on any atom is 0.242 e. The SMILES string of the molecule is CCCCNC(=O)[C@H](C)N(Cc1ccc(Br)cc1)C(=O)CSCc1cccc(C)c1. The second-order valence-corrected chi connectivity index (χ2v) is 9.35. The van der Waals surface area contributed by atoms with Crippen LogP contribution in [0.5, 0.6) is 0 Å². The molecule has 2 amide bonds. The molecule has 2 aromatic rings. The quantitative estimate of drug-likeness (QED) is 0.433. The number of rotatable bonds is 11. The average Bonchev–Trinajstić information content (AvgIpc) is 2.73. The third-order valence-corrected chi connectivity index (χ3v) is 6.36. The Morgan fingerprint density at radius 3 is 2.53 bits per heavy atom. The number of halogens is 1. The van der Waals surface area contributed by atoms with Crippen molar-refractivity contribution in [3.05, 3.63) is 69.7 Å². The maximum atomic E-state index is 13.1. The molecule has 6 heteroatoms. The highest BCUT2D eigenvalue weighted by atomic mass is 79.9. The Bertz CT molecular complexity index is 826. The number of carbonyl (C=O) groups is 2. The lowest BCUT2D eigenvalue weighted by molar-refractivity contribution is -0.138. The van der Waals surface area contributed by atoms with E-state index in [4.69, 9.17) is 0 Å². The van der Waals surface area contributed by atoms with E-state index in [1.807, 2.05) is 37.3 Å². The van der Waals surface area contributed by atoms with Gasteiger partial charge in [0.1, 0.15) is 6.04 Å². The number of hydrogen-bond donors (Lipinski definition) is 1. The van der Waals surface area contributed by atoms with Gasteiger partial charge in [-0.3, -0.25) is 9.59 Å². The summed E-state index contributed by atoms with van der Waals surface area (Å²) in [5, 5.41) is 2.95. The predicted molar refractivity (Wildman–Crippen MR) is 129 cm³/mol. The van der Waals surface area contributed by atoms with Gasteiger partial charge >= 0.3 is 0 Å². The standard InChI is InChI=1S/C24H31BrN2O2S/c1-4-5-13-26-24(29)19(3)27(15-20-9-11-22(25)12-10-20)23(28)17-30-16-21-8-6-7-18(2)14-21/h6-12,14,19H,4-5,13,15-17H2,1-3H3,(H,26,29)/t19-/m0/s1. The zero-order valence-corrected chi connectivity index (χ0v) is 20.4. The zero-order chi connectivity index (χ0) is 21.9. The van der Waals surface area contributed by atoms with Gasteiger partial charge in [0.15, 0.2) is 0 Å². The number of nitrogens with one attached hydrogen (secondary N) is 1. The molecule has 0 spiro atoms. The van der Waals surface area contributed by atoms with E-state index in [0.29, 0.717) is 18.8 Å². The fourth-order valence-corrected chi connectivity index (χ4v) is 4.17. The molecule has 162 valence electrons. The van der Waals surface area contributed by atoms with Crippen molar-refractivity contribution in [3.8, 4) is 0 Å². The highest BCUT2D eigenvalue weighted by molar-refractivity contribution is 9.10. The number of aryl methyl sites for hydroxylation is 1. The van der Waals surface area contributed by atoms with Crippen LogP contribution in [0.25, 0.3) is 0 Å². The van der Waals surface area contributed by atoms with Gasteiger partial charge in [-0.05, 0) is 43.5 Å². The fourth-order valence-electron chi connectivity index (χ4n) is 3.05. The molecule has 1 N–H and O–H groups in total. The number of amides is 2. The number of carbonyl (C=O) groups excluding carboxylic acids is 2. The summed E-state index contributed by atoms with van der Waals surface area (Å²) in [5.74, 6) is 1.000. The summed E-state index contributed by atoms with van der Waals surface area (Å²) >= 11 is 5.03. The van der Waals surface area contributed by atoms with Crippen molar-refractivity contribution in [2.75, 3.05) is 12.3 Å². The largest absolute Gasteiger partial charge is 0.354 e. The summed E-state index contributed by atoms with van der Waals surface area (Å²) < 4.78 is 0.989. The predicted octanol–water partition coefficient (Wildman–Crippen LogP) is 5.32. The first-order valence-corrected chi connectivity index (χ1v) is 12.3. The van der Waals surface area contributed by atoms with Crippen molar-refractivity contribution in [1.29, 1.82) is 0 Å². The van der Waals surface area contributed by atoms with E-state index >= 15 is 0 Å². The number of benzene rings is 2. The van der Waals surface area contributed by atoms with Gasteiger partial charge in [-0.1, -0.05) is 71.2 Å². The highest BCUT2D eigenvalue weighted by Crippen LogP contribution is 2.18. The Labute approximate surface area is 192 Å². The topological polar surface area (TPSA) is 49.4 Å². The summed E-state index contributed by atoms with van der Waals surface area (Å²) in [6.07, 6.45) is 1.96. The molecule has 0 bridgehead atoms. The van der Waals surface area contributed by atoms with Gasteiger partial charge in [-0.15, -0.1) is 11.8 Å². The molecule has 0 aliphatic rings. The van der Waals surface area contributed by atoms with Gasteiger partial charge in [0.05, 0.1) is 5.75 Å². The summed E-state index contributed by atoms with van der Waals surface area (Å²) in [4.78, 5) is 27.4. The van der Waals surface area contributed by atoms with Crippen LogP contribution in [0.4, 0.5) is 0 Å². The summed E-state index contributed by atoms with van der Waals surface area (Å²) in [6.45, 7) is 7.02. The molecule has 0 saturated heterocycles. The van der Waals surface area contributed by atoms with Gasteiger partial charge in [-0.2, -0.15) is 0 Å². The van der Waals surface area contributed by atoms with E-state index in [1.165, 1.54) is 11.1 Å². The van der Waals surface area contributed by atoms with E-state index in [0.717, 1.165) is 28.6 Å². The molecular formula is C24H31BrN2O2S. The molecule has 1 atom stereocenters. The van der Waals surface area contributed by atoms with Crippen molar-refractivity contribution in [3.63, 3.8) is 0 Å². The molecule has 0 aliphatic heterocycles. The van der Waals surface area contributed by atoms with Crippen LogP contribution >= 0.6 is 27.7 Å². The maximum absolute atomic E-state index is 13.1. The monoisotopic (exact) mass is 490 g/mol. The number of nitrogens with zero attached hydrogens (tertiary/aromatic N) is 1. The van der Waals surface area contributed by atoms with E-state index in [1.54, 1.807) is 16.7 Å². The van der Waals surface area contributed by atoms with Crippen LogP contribution in [0.15, 0.2) is 53.0 Å². The second kappa shape index (κ2) is 12.8. The molecule has 30 heavy (non-hydrogen) atoms. The Balaban J connectivity index is 2.03. The van der Waals surface area contributed by atoms with Crippen molar-refractivity contribution >= 4 is 39.5 Å². The summed E-state index contributed by atoms with van der Waals surface area (Å²) in [5.41, 5.74) is 3.43. The average molecular weight is 491 g/mol. The first kappa shape index (κ1) is 24.5. The zero-order valence-electron chi connectivity index (χ0n) is 18.0. The highest BCUT2D eigenvalue weighted by Gasteiger charge is 2.25. The molecule has 0 saturated carbocycles. The van der Waals surface area contributed by atoms with E-state index in [9.17, 15) is 9.59 Å². The Morgan fingerprint density at radius 1 is 1.13 bits per heavy atom. The molecule has 0 heterocycles. The lowest BCUT2D eigenvalue weighted by atomic mass is 10.1. The molecule has 0 radical (unpaired) electrons. The molecule has 2 rings (SSSR count). The Hall–Kier alpha value is -1.79. The first-order chi connectivity index (χ1) is 14.4. The fraction of sp³-hybridized carbons (Fsp3) is 0.417. The van der Waals surface area contributed by atoms with Crippen LogP contribution in [0, 0.1) is 6.92 Å². The van der Waals surface area contributed by atoms with Gasteiger partial charge in [-0.25, -0.2) is 0 Å². The van der Waals surface area contributed by atoms with E-state index < -0.39 is 6.04 Å². The molecule has 0 unspecified atom stereocenters. The van der Waals surface area contributed by atoms with E-state index in [2.05, 4.69) is 53.3 Å². The lowest BCUT2D eigenvalue weighted by Gasteiger charge is -2.29. The summed E-state index contributed by atoms with van der Waals surface area (Å²) in [7, 11) is 0.